The van der Waals surface area contributed by atoms with Crippen LogP contribution in [-0.4, -0.2) is 45.9 Å². The van der Waals surface area contributed by atoms with Crippen molar-refractivity contribution in [2.45, 2.75) is 20.0 Å². The van der Waals surface area contributed by atoms with Crippen molar-refractivity contribution in [1.82, 2.24) is 5.32 Å². The molecular formula is C24H31N2O4+. The lowest BCUT2D eigenvalue weighted by molar-refractivity contribution is -0.921. The molecule has 0 aromatic heterocycles. The molecule has 0 bridgehead atoms. The number of amides is 1. The van der Waals surface area contributed by atoms with Crippen molar-refractivity contribution >= 4 is 12.0 Å². The summed E-state index contributed by atoms with van der Waals surface area (Å²) < 4.78 is 16.3. The van der Waals surface area contributed by atoms with Gasteiger partial charge in [0.15, 0.2) is 11.5 Å². The third kappa shape index (κ3) is 6.34. The average Bonchev–Trinajstić information content (AvgIpc) is 2.78. The molecule has 1 saturated heterocycles. The fourth-order valence-electron chi connectivity index (χ4n) is 3.49. The van der Waals surface area contributed by atoms with Crippen LogP contribution < -0.4 is 19.7 Å². The minimum Gasteiger partial charge on any atom is -0.493 e. The van der Waals surface area contributed by atoms with Gasteiger partial charge in [-0.25, -0.2) is 0 Å². The summed E-state index contributed by atoms with van der Waals surface area (Å²) in [5, 5.41) is 2.99. The first-order valence-electron chi connectivity index (χ1n) is 10.4. The average molecular weight is 412 g/mol. The van der Waals surface area contributed by atoms with Gasteiger partial charge in [-0.15, -0.1) is 0 Å². The molecule has 1 amide bonds. The predicted molar refractivity (Wildman–Crippen MR) is 117 cm³/mol. The van der Waals surface area contributed by atoms with E-state index in [4.69, 9.17) is 14.2 Å². The zero-order chi connectivity index (χ0) is 21.2. The Morgan fingerprint density at radius 2 is 1.90 bits per heavy atom. The summed E-state index contributed by atoms with van der Waals surface area (Å²) >= 11 is 0. The number of hydrogen-bond acceptors (Lipinski definition) is 4. The first kappa shape index (κ1) is 21.9. The van der Waals surface area contributed by atoms with Gasteiger partial charge in [0, 0.05) is 18.2 Å². The molecule has 30 heavy (non-hydrogen) atoms. The molecule has 0 spiro atoms. The fraction of sp³-hybridized carbons (Fsp3) is 0.375. The van der Waals surface area contributed by atoms with Gasteiger partial charge in [0.2, 0.25) is 5.91 Å². The van der Waals surface area contributed by atoms with Crippen molar-refractivity contribution < 1.29 is 23.9 Å². The monoisotopic (exact) mass is 411 g/mol. The number of methoxy groups -OCH3 is 1. The maximum atomic E-state index is 12.3. The van der Waals surface area contributed by atoms with Gasteiger partial charge in [-0.05, 0) is 36.3 Å². The molecule has 1 fully saturated rings. The van der Waals surface area contributed by atoms with E-state index in [1.54, 1.807) is 19.3 Å². The Labute approximate surface area is 178 Å². The standard InChI is InChI=1S/C24H30N2O4/c1-3-30-23-16-19(8-10-22(23)28-2)9-11-24(27)25-17-20-6-4-5-7-21(20)18-26-12-14-29-15-13-26/h4-11,16H,3,12-15,17-18H2,1-2H3,(H,25,27)/p+1/b11-9+. The quantitative estimate of drug-likeness (QED) is 0.618. The molecule has 1 heterocycles. The molecule has 0 saturated carbocycles. The second-order valence-corrected chi connectivity index (χ2v) is 7.20. The lowest BCUT2D eigenvalue weighted by Gasteiger charge is -2.24. The van der Waals surface area contributed by atoms with Gasteiger partial charge in [-0.2, -0.15) is 0 Å². The van der Waals surface area contributed by atoms with Gasteiger partial charge in [-0.1, -0.05) is 30.3 Å². The van der Waals surface area contributed by atoms with Crippen LogP contribution in [0.25, 0.3) is 6.08 Å². The first-order valence-corrected chi connectivity index (χ1v) is 10.4. The van der Waals surface area contributed by atoms with Crippen LogP contribution >= 0.6 is 0 Å². The number of nitrogens with one attached hydrogen (secondary N) is 2. The van der Waals surface area contributed by atoms with Crippen LogP contribution in [0.4, 0.5) is 0 Å². The Morgan fingerprint density at radius 3 is 2.63 bits per heavy atom. The van der Waals surface area contributed by atoms with E-state index in [2.05, 4.69) is 23.5 Å². The summed E-state index contributed by atoms with van der Waals surface area (Å²) in [6.07, 6.45) is 3.33. The SMILES string of the molecule is CCOc1cc(/C=C/C(=O)NCc2ccccc2C[NH+]2CCOCC2)ccc1OC. The highest BCUT2D eigenvalue weighted by Crippen LogP contribution is 2.28. The van der Waals surface area contributed by atoms with E-state index in [1.807, 2.05) is 31.2 Å². The minimum absolute atomic E-state index is 0.127. The van der Waals surface area contributed by atoms with Gasteiger partial charge in [0.25, 0.3) is 0 Å². The Bertz CT molecular complexity index is 860. The molecule has 2 aromatic carbocycles. The lowest BCUT2D eigenvalue weighted by atomic mass is 10.1. The van der Waals surface area contributed by atoms with E-state index in [0.717, 1.165) is 44.0 Å². The number of benzene rings is 2. The van der Waals surface area contributed by atoms with Gasteiger partial charge in [-0.3, -0.25) is 4.79 Å². The zero-order valence-corrected chi connectivity index (χ0v) is 17.8. The molecule has 0 aliphatic carbocycles. The molecule has 160 valence electrons. The van der Waals surface area contributed by atoms with Gasteiger partial charge in [0.1, 0.15) is 19.6 Å². The summed E-state index contributed by atoms with van der Waals surface area (Å²) in [5.74, 6) is 1.22. The van der Waals surface area contributed by atoms with E-state index in [-0.39, 0.29) is 5.91 Å². The van der Waals surface area contributed by atoms with Crippen molar-refractivity contribution in [3.63, 3.8) is 0 Å². The summed E-state index contributed by atoms with van der Waals surface area (Å²) in [7, 11) is 1.61. The highest BCUT2D eigenvalue weighted by molar-refractivity contribution is 5.91. The molecule has 1 aliphatic heterocycles. The summed E-state index contributed by atoms with van der Waals surface area (Å²) in [6.45, 7) is 7.62. The number of carbonyl (C=O) groups excluding carboxylic acids is 1. The van der Waals surface area contributed by atoms with Gasteiger partial charge in [0.05, 0.1) is 26.9 Å². The number of hydrogen-bond donors (Lipinski definition) is 2. The van der Waals surface area contributed by atoms with Crippen LogP contribution in [0, 0.1) is 0 Å². The van der Waals surface area contributed by atoms with Crippen molar-refractivity contribution in [3.8, 4) is 11.5 Å². The molecule has 0 radical (unpaired) electrons. The number of quaternary nitrogens is 1. The third-order valence-electron chi connectivity index (χ3n) is 5.13. The molecule has 6 nitrogen and oxygen atoms in total. The van der Waals surface area contributed by atoms with Crippen LogP contribution in [0.2, 0.25) is 0 Å². The Morgan fingerprint density at radius 1 is 1.13 bits per heavy atom. The van der Waals surface area contributed by atoms with Crippen LogP contribution in [0.5, 0.6) is 11.5 Å². The smallest absolute Gasteiger partial charge is 0.244 e. The van der Waals surface area contributed by atoms with Crippen molar-refractivity contribution in [2.24, 2.45) is 0 Å². The number of carbonyl (C=O) groups is 1. The van der Waals surface area contributed by atoms with Crippen molar-refractivity contribution in [1.29, 1.82) is 0 Å². The lowest BCUT2D eigenvalue weighted by Crippen LogP contribution is -3.12. The molecule has 0 atom stereocenters. The van der Waals surface area contributed by atoms with E-state index >= 15 is 0 Å². The molecule has 0 unspecified atom stereocenters. The van der Waals surface area contributed by atoms with E-state index < -0.39 is 0 Å². The Hall–Kier alpha value is -2.83. The third-order valence-corrected chi connectivity index (χ3v) is 5.13. The molecular weight excluding hydrogens is 380 g/mol. The molecule has 2 N–H and O–H groups in total. The normalized spacial score (nSPS) is 14.6. The van der Waals surface area contributed by atoms with E-state index in [0.29, 0.717) is 24.7 Å². The highest BCUT2D eigenvalue weighted by atomic mass is 16.5. The Kier molecular flexibility index (Phi) is 8.30. The topological polar surface area (TPSA) is 61.2 Å². The second kappa shape index (κ2) is 11.4. The predicted octanol–water partition coefficient (Wildman–Crippen LogP) is 1.84. The number of morpholine rings is 1. The minimum atomic E-state index is -0.127. The summed E-state index contributed by atoms with van der Waals surface area (Å²) in [6, 6.07) is 13.9. The summed E-state index contributed by atoms with van der Waals surface area (Å²) in [5.41, 5.74) is 3.31. The number of rotatable bonds is 9. The maximum absolute atomic E-state index is 12.3. The number of ether oxygens (including phenoxy) is 3. The highest BCUT2D eigenvalue weighted by Gasteiger charge is 2.16. The second-order valence-electron chi connectivity index (χ2n) is 7.20. The maximum Gasteiger partial charge on any atom is 0.244 e. The van der Waals surface area contributed by atoms with Crippen LogP contribution in [0.15, 0.2) is 48.5 Å². The molecule has 2 aromatic rings. The largest absolute Gasteiger partial charge is 0.493 e. The molecule has 3 rings (SSSR count). The van der Waals surface area contributed by atoms with Crippen molar-refractivity contribution in [3.05, 3.63) is 65.2 Å². The van der Waals surface area contributed by atoms with E-state index in [9.17, 15) is 4.79 Å². The van der Waals surface area contributed by atoms with Gasteiger partial charge < -0.3 is 24.4 Å². The fourth-order valence-corrected chi connectivity index (χ4v) is 3.49. The van der Waals surface area contributed by atoms with Crippen molar-refractivity contribution in [2.75, 3.05) is 40.0 Å². The first-order chi connectivity index (χ1) is 14.7. The molecule has 1 aliphatic rings. The van der Waals surface area contributed by atoms with Crippen LogP contribution in [-0.2, 0) is 22.6 Å². The molecule has 6 heteroatoms. The Balaban J connectivity index is 1.57. The van der Waals surface area contributed by atoms with Gasteiger partial charge >= 0.3 is 0 Å². The van der Waals surface area contributed by atoms with E-state index in [1.165, 1.54) is 10.5 Å². The summed E-state index contributed by atoms with van der Waals surface area (Å²) in [4.78, 5) is 13.9. The van der Waals surface area contributed by atoms with Crippen LogP contribution in [0.1, 0.15) is 23.6 Å². The van der Waals surface area contributed by atoms with Crippen LogP contribution in [0.3, 0.4) is 0 Å². The zero-order valence-electron chi connectivity index (χ0n) is 17.8.